The number of nitrogens with two attached hydrogens (primary N) is 1. The Bertz CT molecular complexity index is 1360. The molecule has 9 nitrogen and oxygen atoms in total. The van der Waals surface area contributed by atoms with E-state index in [1.807, 2.05) is 0 Å². The molecule has 0 saturated carbocycles. The lowest BCUT2D eigenvalue weighted by atomic mass is 9.87. The van der Waals surface area contributed by atoms with Gasteiger partial charge in [-0.25, -0.2) is 13.7 Å². The number of carbonyl (C=O) groups excluding carboxylic acids is 2. The van der Waals surface area contributed by atoms with E-state index in [2.05, 4.69) is 10.1 Å². The van der Waals surface area contributed by atoms with Gasteiger partial charge in [0.05, 0.1) is 30.0 Å². The molecule has 1 fully saturated rings. The van der Waals surface area contributed by atoms with E-state index >= 15 is 4.39 Å². The van der Waals surface area contributed by atoms with Crippen LogP contribution >= 0.6 is 11.6 Å². The van der Waals surface area contributed by atoms with Crippen molar-refractivity contribution < 1.29 is 32.6 Å². The molecule has 3 heterocycles. The number of benzene rings is 1. The first-order valence-corrected chi connectivity index (χ1v) is 11.3. The number of anilines is 1. The van der Waals surface area contributed by atoms with Gasteiger partial charge in [-0.3, -0.25) is 4.79 Å². The molecule has 1 aliphatic rings. The van der Waals surface area contributed by atoms with E-state index in [0.29, 0.717) is 5.02 Å². The van der Waals surface area contributed by atoms with Gasteiger partial charge < -0.3 is 19.9 Å². The molecule has 1 saturated heterocycles. The number of halogens is 3. The first-order valence-electron chi connectivity index (χ1n) is 10.9. The minimum atomic E-state index is -2.47. The third-order valence-corrected chi connectivity index (χ3v) is 6.04. The monoisotopic (exact) mass is 520 g/mol. The summed E-state index contributed by atoms with van der Waals surface area (Å²) in [6, 6.07) is 8.89. The van der Waals surface area contributed by atoms with E-state index in [1.54, 1.807) is 26.0 Å². The fourth-order valence-corrected chi connectivity index (χ4v) is 4.08. The van der Waals surface area contributed by atoms with Crippen LogP contribution in [0.25, 0.3) is 5.52 Å². The van der Waals surface area contributed by atoms with Crippen LogP contribution in [-0.4, -0.2) is 44.8 Å². The van der Waals surface area contributed by atoms with Crippen LogP contribution in [-0.2, 0) is 24.7 Å². The Kier molecular flexibility index (Phi) is 6.72. The molecular formula is C24H23ClF2N4O5. The molecule has 4 rings (SSSR count). The highest BCUT2D eigenvalue weighted by atomic mass is 35.5. The highest BCUT2D eigenvalue weighted by Gasteiger charge is 2.61. The van der Waals surface area contributed by atoms with Gasteiger partial charge in [0, 0.05) is 5.02 Å². The lowest BCUT2D eigenvalue weighted by molar-refractivity contribution is -0.165. The zero-order valence-electron chi connectivity index (χ0n) is 19.6. The Balaban J connectivity index is 1.69. The van der Waals surface area contributed by atoms with Crippen LogP contribution in [0.15, 0.2) is 48.7 Å². The number of ether oxygens (including phenoxy) is 3. The standard InChI is InChI=1S/C24H23ClF2N4O5/c1-13(2)19(32)36-21-23(3,9-10-34-20(33)14-5-4-6-15(25)11-14)35-12-24(21,27)17-8-7-16-18(28)29-22(26)30-31(16)17/h4-11,13,21H,12H2,1-3H3,(H2,28,29,30)/b10-9-/t21-,23?,24+/m1/s1. The molecule has 12 heteroatoms. The summed E-state index contributed by atoms with van der Waals surface area (Å²) in [5, 5.41) is 3.98. The van der Waals surface area contributed by atoms with Crippen molar-refractivity contribution in [3.63, 3.8) is 0 Å². The first-order chi connectivity index (χ1) is 16.9. The Morgan fingerprint density at radius 3 is 2.78 bits per heavy atom. The smallest absolute Gasteiger partial charge is 0.342 e. The minimum Gasteiger partial charge on any atom is -0.455 e. The molecule has 2 N–H and O–H groups in total. The summed E-state index contributed by atoms with van der Waals surface area (Å²) in [4.78, 5) is 28.3. The second-order valence-corrected chi connectivity index (χ2v) is 9.24. The van der Waals surface area contributed by atoms with E-state index in [-0.39, 0.29) is 22.6 Å². The maximum absolute atomic E-state index is 16.7. The maximum atomic E-state index is 16.7. The summed E-state index contributed by atoms with van der Waals surface area (Å²) >= 11 is 5.90. The Morgan fingerprint density at radius 1 is 1.33 bits per heavy atom. The summed E-state index contributed by atoms with van der Waals surface area (Å²) in [5.74, 6) is -2.17. The van der Waals surface area contributed by atoms with Crippen LogP contribution in [0.4, 0.5) is 14.6 Å². The molecule has 0 radical (unpaired) electrons. The number of carbonyl (C=O) groups is 2. The SMILES string of the molecule is CC(C)C(=O)O[C@@H]1C(C)(/C=C\OC(=O)c2cccc(Cl)c2)OC[C@]1(F)c1ccc2c(N)nc(F)nn12. The van der Waals surface area contributed by atoms with Crippen molar-refractivity contribution in [2.24, 2.45) is 5.92 Å². The first kappa shape index (κ1) is 25.5. The zero-order chi connectivity index (χ0) is 26.3. The predicted molar refractivity (Wildman–Crippen MR) is 125 cm³/mol. The lowest BCUT2D eigenvalue weighted by Crippen LogP contribution is -2.47. The molecule has 190 valence electrons. The van der Waals surface area contributed by atoms with Gasteiger partial charge in [0.1, 0.15) is 11.1 Å². The summed E-state index contributed by atoms with van der Waals surface area (Å²) in [5.41, 5.74) is 1.92. The number of nitrogen functional groups attached to an aromatic ring is 1. The largest absolute Gasteiger partial charge is 0.455 e. The molecule has 3 aromatic rings. The summed E-state index contributed by atoms with van der Waals surface area (Å²) < 4.78 is 48.1. The highest BCUT2D eigenvalue weighted by molar-refractivity contribution is 6.30. The van der Waals surface area contributed by atoms with Gasteiger partial charge in [-0.05, 0) is 43.3 Å². The molecular weight excluding hydrogens is 498 g/mol. The van der Waals surface area contributed by atoms with Crippen LogP contribution in [0.1, 0.15) is 36.8 Å². The van der Waals surface area contributed by atoms with Crippen molar-refractivity contribution in [1.29, 1.82) is 0 Å². The van der Waals surface area contributed by atoms with E-state index in [1.165, 1.54) is 37.3 Å². The topological polar surface area (TPSA) is 118 Å². The number of nitrogens with zero attached hydrogens (tertiary/aromatic N) is 3. The number of esters is 2. The second-order valence-electron chi connectivity index (χ2n) is 8.81. The molecule has 36 heavy (non-hydrogen) atoms. The molecule has 1 unspecified atom stereocenters. The number of aromatic nitrogens is 3. The van der Waals surface area contributed by atoms with E-state index < -0.39 is 47.9 Å². The van der Waals surface area contributed by atoms with Gasteiger partial charge >= 0.3 is 18.0 Å². The molecule has 3 atom stereocenters. The average Bonchev–Trinajstić information content (AvgIpc) is 3.35. The van der Waals surface area contributed by atoms with Crippen molar-refractivity contribution in [3.05, 3.63) is 71.1 Å². The highest BCUT2D eigenvalue weighted by Crippen LogP contribution is 2.46. The number of alkyl halides is 1. The van der Waals surface area contributed by atoms with Crippen molar-refractivity contribution in [2.45, 2.75) is 38.1 Å². The second kappa shape index (κ2) is 9.47. The molecule has 0 spiro atoms. The summed E-state index contributed by atoms with van der Waals surface area (Å²) in [6.45, 7) is 4.07. The predicted octanol–water partition coefficient (Wildman–Crippen LogP) is 4.00. The van der Waals surface area contributed by atoms with Gasteiger partial charge in [-0.2, -0.15) is 9.37 Å². The van der Waals surface area contributed by atoms with Crippen molar-refractivity contribution in [3.8, 4) is 0 Å². The van der Waals surface area contributed by atoms with Gasteiger partial charge in [-0.15, -0.1) is 5.10 Å². The van der Waals surface area contributed by atoms with Gasteiger partial charge in [0.15, 0.2) is 11.9 Å². The zero-order valence-corrected chi connectivity index (χ0v) is 20.3. The maximum Gasteiger partial charge on any atom is 0.342 e. The van der Waals surface area contributed by atoms with E-state index in [4.69, 9.17) is 31.5 Å². The van der Waals surface area contributed by atoms with Crippen molar-refractivity contribution in [1.82, 2.24) is 14.6 Å². The molecule has 1 aliphatic heterocycles. The quantitative estimate of drug-likeness (QED) is 0.383. The third kappa shape index (κ3) is 4.63. The van der Waals surface area contributed by atoms with Crippen LogP contribution in [0.3, 0.4) is 0 Å². The molecule has 2 aromatic heterocycles. The van der Waals surface area contributed by atoms with Gasteiger partial charge in [-0.1, -0.05) is 31.5 Å². The third-order valence-electron chi connectivity index (χ3n) is 5.81. The minimum absolute atomic E-state index is 0.153. The fraction of sp³-hybridized carbons (Fsp3) is 0.333. The Morgan fingerprint density at radius 2 is 2.08 bits per heavy atom. The fourth-order valence-electron chi connectivity index (χ4n) is 3.89. The lowest BCUT2D eigenvalue weighted by Gasteiger charge is -2.32. The number of fused-ring (bicyclic) bond motifs is 1. The van der Waals surface area contributed by atoms with Crippen LogP contribution < -0.4 is 5.73 Å². The van der Waals surface area contributed by atoms with Crippen LogP contribution in [0.2, 0.25) is 5.02 Å². The molecule has 0 amide bonds. The van der Waals surface area contributed by atoms with E-state index in [9.17, 15) is 14.0 Å². The number of hydrogen-bond donors (Lipinski definition) is 1. The number of rotatable bonds is 6. The normalized spacial score (nSPS) is 24.0. The van der Waals surface area contributed by atoms with Crippen molar-refractivity contribution in [2.75, 3.05) is 12.3 Å². The van der Waals surface area contributed by atoms with Crippen LogP contribution in [0, 0.1) is 12.0 Å². The summed E-state index contributed by atoms with van der Waals surface area (Å²) in [7, 11) is 0. The Hall–Kier alpha value is -3.57. The Labute approximate surface area is 209 Å². The van der Waals surface area contributed by atoms with E-state index in [0.717, 1.165) is 10.8 Å². The van der Waals surface area contributed by atoms with Crippen LogP contribution in [0.5, 0.6) is 0 Å². The number of hydrogen-bond acceptors (Lipinski definition) is 8. The summed E-state index contributed by atoms with van der Waals surface area (Å²) in [6.07, 6.45) is -0.416. The van der Waals surface area contributed by atoms with Crippen molar-refractivity contribution >= 4 is 34.9 Å². The average molecular weight is 521 g/mol. The molecule has 0 aliphatic carbocycles. The van der Waals surface area contributed by atoms with Gasteiger partial charge in [0.25, 0.3) is 0 Å². The molecule has 0 bridgehead atoms. The molecule has 1 aromatic carbocycles. The van der Waals surface area contributed by atoms with Gasteiger partial charge in [0.2, 0.25) is 5.67 Å².